The molecule has 0 N–H and O–H groups in total. The monoisotopic (exact) mass is 445 g/mol. The summed E-state index contributed by atoms with van der Waals surface area (Å²) in [6, 6.07) is 0.490. The number of aromatic nitrogens is 1. The van der Waals surface area contributed by atoms with Crippen LogP contribution in [0.4, 0.5) is 24.0 Å². The van der Waals surface area contributed by atoms with Gasteiger partial charge in [-0.25, -0.2) is 0 Å². The normalized spacial score (nSPS) is 21.5. The van der Waals surface area contributed by atoms with Crippen molar-refractivity contribution in [2.45, 2.75) is 44.8 Å². The van der Waals surface area contributed by atoms with Crippen LogP contribution >= 0.6 is 11.3 Å². The second-order valence-electron chi connectivity index (χ2n) is 7.47. The summed E-state index contributed by atoms with van der Waals surface area (Å²) in [6.45, 7) is 4.41. The topological polar surface area (TPSA) is 94.8 Å². The zero-order chi connectivity index (χ0) is 21.8. The second-order valence-corrected chi connectivity index (χ2v) is 8.44. The van der Waals surface area contributed by atoms with Crippen LogP contribution in [0.15, 0.2) is 10.9 Å². The summed E-state index contributed by atoms with van der Waals surface area (Å²) in [4.78, 5) is 29.0. The van der Waals surface area contributed by atoms with Crippen LogP contribution in [0.5, 0.6) is 0 Å². The minimum absolute atomic E-state index is 0.0140. The summed E-state index contributed by atoms with van der Waals surface area (Å²) in [5.41, 5.74) is -3.22. The van der Waals surface area contributed by atoms with E-state index in [1.807, 2.05) is 6.92 Å². The molecule has 0 radical (unpaired) electrons. The minimum Gasteiger partial charge on any atom is -0.348 e. The molecule has 2 aliphatic heterocycles. The third-order valence-corrected chi connectivity index (χ3v) is 6.57. The molecule has 0 saturated carbocycles. The predicted molar refractivity (Wildman–Crippen MR) is 103 cm³/mol. The summed E-state index contributed by atoms with van der Waals surface area (Å²) < 4.78 is 51.5. The van der Waals surface area contributed by atoms with Crippen molar-refractivity contribution < 1.29 is 27.6 Å². The van der Waals surface area contributed by atoms with E-state index >= 15 is 0 Å². The van der Waals surface area contributed by atoms with Crippen LogP contribution in [0.25, 0.3) is 10.1 Å². The maximum atomic E-state index is 13.3. The van der Waals surface area contributed by atoms with Gasteiger partial charge in [0.1, 0.15) is 4.70 Å². The zero-order valence-electron chi connectivity index (χ0n) is 16.1. The highest BCUT2D eigenvalue weighted by atomic mass is 32.1. The molecule has 1 spiro atoms. The Morgan fingerprint density at radius 2 is 2.03 bits per heavy atom. The number of anilines is 1. The van der Waals surface area contributed by atoms with Crippen molar-refractivity contribution >= 4 is 32.2 Å². The highest BCUT2D eigenvalue weighted by Gasteiger charge is 2.43. The van der Waals surface area contributed by atoms with E-state index in [1.165, 1.54) is 0 Å². The maximum Gasteiger partial charge on any atom is 0.416 e. The molecular weight excluding hydrogens is 427 g/mol. The lowest BCUT2D eigenvalue weighted by molar-refractivity contribution is -0.383. The third kappa shape index (κ3) is 3.52. The molecule has 0 aliphatic carbocycles. The van der Waals surface area contributed by atoms with E-state index in [9.17, 15) is 28.1 Å². The molecule has 0 amide bonds. The summed E-state index contributed by atoms with van der Waals surface area (Å²) in [6.07, 6.45) is -3.80. The number of rotatable bonds is 2. The van der Waals surface area contributed by atoms with Gasteiger partial charge >= 0.3 is 6.18 Å². The largest absolute Gasteiger partial charge is 0.416 e. The number of aryl methyl sites for hydroxylation is 1. The van der Waals surface area contributed by atoms with E-state index in [4.69, 9.17) is 9.47 Å². The van der Waals surface area contributed by atoms with E-state index in [0.29, 0.717) is 38.6 Å². The molecule has 8 nitrogen and oxygen atoms in total. The van der Waals surface area contributed by atoms with Crippen LogP contribution in [-0.4, -0.2) is 41.5 Å². The summed E-state index contributed by atoms with van der Waals surface area (Å²) in [7, 11) is 0. The van der Waals surface area contributed by atoms with E-state index in [1.54, 1.807) is 4.90 Å². The number of hydrogen-bond donors (Lipinski definition) is 0. The van der Waals surface area contributed by atoms with Crippen LogP contribution in [0, 0.1) is 17.0 Å². The SMILES string of the molecule is Cc1c(C(F)(F)F)cc([N+](=O)[O-])c2sc(N3CCC4(CC3)OC[C@H](C)O4)nc(=O)c12. The number of piperidine rings is 1. The lowest BCUT2D eigenvalue weighted by Crippen LogP contribution is -2.45. The minimum atomic E-state index is -4.82. The maximum absolute atomic E-state index is 13.3. The fourth-order valence-corrected chi connectivity index (χ4v) is 5.13. The molecule has 4 rings (SSSR count). The molecule has 2 saturated heterocycles. The molecule has 2 aliphatic rings. The molecule has 3 heterocycles. The first-order valence-corrected chi connectivity index (χ1v) is 10.1. The Kier molecular flexibility index (Phi) is 4.98. The smallest absolute Gasteiger partial charge is 0.348 e. The third-order valence-electron chi connectivity index (χ3n) is 5.42. The number of ether oxygens (including phenoxy) is 2. The van der Waals surface area contributed by atoms with Gasteiger partial charge < -0.3 is 14.4 Å². The number of alkyl halides is 3. The van der Waals surface area contributed by atoms with Crippen LogP contribution in [-0.2, 0) is 15.7 Å². The van der Waals surface area contributed by atoms with E-state index in [2.05, 4.69) is 4.98 Å². The van der Waals surface area contributed by atoms with Crippen molar-refractivity contribution in [3.63, 3.8) is 0 Å². The molecule has 1 aromatic heterocycles. The molecule has 0 unspecified atom stereocenters. The number of nitro groups is 1. The van der Waals surface area contributed by atoms with Crippen LogP contribution in [0.3, 0.4) is 0 Å². The number of nitro benzene ring substituents is 1. The second kappa shape index (κ2) is 7.13. The number of fused-ring (bicyclic) bond motifs is 1. The lowest BCUT2D eigenvalue weighted by Gasteiger charge is -2.38. The number of nitrogens with zero attached hydrogens (tertiary/aromatic N) is 3. The number of hydrogen-bond acceptors (Lipinski definition) is 8. The average molecular weight is 445 g/mol. The quantitative estimate of drug-likeness (QED) is 0.515. The Bertz CT molecular complexity index is 1080. The van der Waals surface area contributed by atoms with Gasteiger partial charge in [-0.3, -0.25) is 14.9 Å². The molecule has 2 fully saturated rings. The lowest BCUT2D eigenvalue weighted by atomic mass is 10.0. The highest BCUT2D eigenvalue weighted by Crippen LogP contribution is 2.42. The van der Waals surface area contributed by atoms with Crippen LogP contribution in [0.2, 0.25) is 0 Å². The number of non-ortho nitro benzene ring substituents is 1. The summed E-state index contributed by atoms with van der Waals surface area (Å²) in [5, 5.41) is 11.3. The Morgan fingerprint density at radius 1 is 1.37 bits per heavy atom. The zero-order valence-corrected chi connectivity index (χ0v) is 16.9. The van der Waals surface area contributed by atoms with Crippen molar-refractivity contribution in [2.75, 3.05) is 24.6 Å². The van der Waals surface area contributed by atoms with E-state index in [0.717, 1.165) is 18.3 Å². The van der Waals surface area contributed by atoms with Crippen molar-refractivity contribution in [1.82, 2.24) is 4.98 Å². The molecule has 1 atom stereocenters. The van der Waals surface area contributed by atoms with Gasteiger partial charge in [0.2, 0.25) is 0 Å². The molecule has 162 valence electrons. The van der Waals surface area contributed by atoms with Gasteiger partial charge in [-0.2, -0.15) is 18.2 Å². The first-order valence-electron chi connectivity index (χ1n) is 9.27. The van der Waals surface area contributed by atoms with Crippen LogP contribution in [0.1, 0.15) is 30.9 Å². The van der Waals surface area contributed by atoms with E-state index < -0.39 is 33.7 Å². The number of benzene rings is 1. The summed E-state index contributed by atoms with van der Waals surface area (Å²) in [5.74, 6) is -0.679. The van der Waals surface area contributed by atoms with Crippen molar-refractivity contribution in [2.24, 2.45) is 0 Å². The Labute approximate surface area is 172 Å². The first-order chi connectivity index (χ1) is 14.0. The van der Waals surface area contributed by atoms with E-state index in [-0.39, 0.29) is 26.9 Å². The Morgan fingerprint density at radius 3 is 2.57 bits per heavy atom. The van der Waals surface area contributed by atoms with Gasteiger partial charge in [-0.05, 0) is 19.4 Å². The Balaban J connectivity index is 1.76. The predicted octanol–water partition coefficient (Wildman–Crippen LogP) is 3.62. The van der Waals surface area contributed by atoms with Gasteiger partial charge in [0, 0.05) is 32.0 Å². The van der Waals surface area contributed by atoms with Crippen molar-refractivity contribution in [1.29, 1.82) is 0 Å². The van der Waals surface area contributed by atoms with Crippen molar-refractivity contribution in [3.05, 3.63) is 37.7 Å². The molecule has 1 aromatic carbocycles. The molecule has 12 heteroatoms. The first kappa shape index (κ1) is 20.9. The molecule has 30 heavy (non-hydrogen) atoms. The van der Waals surface area contributed by atoms with Gasteiger partial charge in [0.15, 0.2) is 10.9 Å². The summed E-state index contributed by atoms with van der Waals surface area (Å²) >= 11 is 0.852. The highest BCUT2D eigenvalue weighted by molar-refractivity contribution is 7.22. The fourth-order valence-electron chi connectivity index (χ4n) is 3.93. The Hall–Kier alpha value is -2.31. The molecule has 0 bridgehead atoms. The van der Waals surface area contributed by atoms with Gasteiger partial charge in [-0.15, -0.1) is 0 Å². The molecule has 2 aromatic rings. The van der Waals surface area contributed by atoms with Crippen molar-refractivity contribution in [3.8, 4) is 0 Å². The standard InChI is InChI=1S/C18H18F3N3O5S/c1-9-8-28-17(29-9)3-5-23(6-4-17)16-22-15(25)13-10(2)11(18(19,20)21)7-12(24(26)27)14(13)30-16/h7,9H,3-6,8H2,1-2H3/t9-/m0/s1. The fraction of sp³-hybridized carbons (Fsp3) is 0.556. The van der Waals surface area contributed by atoms with Crippen LogP contribution < -0.4 is 10.5 Å². The van der Waals surface area contributed by atoms with Gasteiger partial charge in [-0.1, -0.05) is 11.3 Å². The average Bonchev–Trinajstić information content (AvgIpc) is 3.01. The number of halogens is 3. The van der Waals surface area contributed by atoms with Gasteiger partial charge in [0.25, 0.3) is 11.2 Å². The molecular formula is C18H18F3N3O5S. The van der Waals surface area contributed by atoms with Gasteiger partial charge in [0.05, 0.1) is 28.6 Å².